The van der Waals surface area contributed by atoms with Gasteiger partial charge in [-0.3, -0.25) is 0 Å². The summed E-state index contributed by atoms with van der Waals surface area (Å²) < 4.78 is 20.2. The maximum atomic E-state index is 13.5. The van der Waals surface area contributed by atoms with Crippen molar-refractivity contribution in [2.75, 3.05) is 0 Å². The molecule has 0 spiro atoms. The van der Waals surface area contributed by atoms with Crippen LogP contribution in [0.3, 0.4) is 0 Å². The first kappa shape index (κ1) is 15.0. The minimum atomic E-state index is -1.06. The lowest BCUT2D eigenvalue weighted by Gasteiger charge is -2.09. The van der Waals surface area contributed by atoms with E-state index in [0.717, 1.165) is 4.47 Å². The number of ether oxygens (including phenoxy) is 1. The molecule has 6 heteroatoms. The summed E-state index contributed by atoms with van der Waals surface area (Å²) in [6.07, 6.45) is 0. The van der Waals surface area contributed by atoms with Crippen LogP contribution in [0.5, 0.6) is 5.75 Å². The van der Waals surface area contributed by atoms with Crippen molar-refractivity contribution in [1.29, 1.82) is 0 Å². The zero-order chi connectivity index (χ0) is 14.7. The molecule has 0 radical (unpaired) electrons. The molecule has 20 heavy (non-hydrogen) atoms. The number of carbonyl (C=O) groups is 1. The van der Waals surface area contributed by atoms with E-state index in [9.17, 15) is 9.18 Å². The van der Waals surface area contributed by atoms with E-state index < -0.39 is 5.97 Å². The van der Waals surface area contributed by atoms with Gasteiger partial charge in [0.05, 0.1) is 5.56 Å². The average Bonchev–Trinajstić information content (AvgIpc) is 2.41. The van der Waals surface area contributed by atoms with E-state index >= 15 is 0 Å². The number of benzene rings is 2. The van der Waals surface area contributed by atoms with Crippen molar-refractivity contribution < 1.29 is 19.0 Å². The van der Waals surface area contributed by atoms with Crippen LogP contribution in [0.15, 0.2) is 45.3 Å². The van der Waals surface area contributed by atoms with Crippen molar-refractivity contribution in [1.82, 2.24) is 0 Å². The van der Waals surface area contributed by atoms with Crippen molar-refractivity contribution >= 4 is 37.8 Å². The fourth-order valence-corrected chi connectivity index (χ4v) is 2.40. The van der Waals surface area contributed by atoms with Gasteiger partial charge in [-0.25, -0.2) is 9.18 Å². The maximum Gasteiger partial charge on any atom is 0.336 e. The molecule has 0 aromatic heterocycles. The zero-order valence-electron chi connectivity index (χ0n) is 10.1. The predicted octanol–water partition coefficient (Wildman–Crippen LogP) is 4.63. The molecule has 0 unspecified atom stereocenters. The van der Waals surface area contributed by atoms with Gasteiger partial charge in [0.15, 0.2) is 0 Å². The van der Waals surface area contributed by atoms with Crippen molar-refractivity contribution in [3.05, 3.63) is 62.3 Å². The van der Waals surface area contributed by atoms with Crippen LogP contribution in [0.2, 0.25) is 0 Å². The molecule has 2 rings (SSSR count). The van der Waals surface area contributed by atoms with Gasteiger partial charge in [-0.2, -0.15) is 0 Å². The monoisotopic (exact) mass is 402 g/mol. The third-order valence-electron chi connectivity index (χ3n) is 2.57. The van der Waals surface area contributed by atoms with Crippen LogP contribution in [0, 0.1) is 5.82 Å². The molecule has 0 aliphatic rings. The molecule has 2 aromatic rings. The fourth-order valence-electron chi connectivity index (χ4n) is 1.57. The quantitative estimate of drug-likeness (QED) is 0.809. The third-order valence-corrected chi connectivity index (χ3v) is 3.76. The topological polar surface area (TPSA) is 46.5 Å². The molecule has 104 valence electrons. The van der Waals surface area contributed by atoms with E-state index in [1.54, 1.807) is 24.3 Å². The molecular formula is C14H9Br2FO3. The van der Waals surface area contributed by atoms with Gasteiger partial charge in [-0.05, 0) is 52.3 Å². The summed E-state index contributed by atoms with van der Waals surface area (Å²) in [5.41, 5.74) is 0.483. The summed E-state index contributed by atoms with van der Waals surface area (Å²) in [5.74, 6) is -1.07. The van der Waals surface area contributed by atoms with Crippen LogP contribution in [0.1, 0.15) is 15.9 Å². The van der Waals surface area contributed by atoms with Gasteiger partial charge < -0.3 is 9.84 Å². The average molecular weight is 404 g/mol. The highest BCUT2D eigenvalue weighted by Crippen LogP contribution is 2.24. The maximum absolute atomic E-state index is 13.5. The summed E-state index contributed by atoms with van der Waals surface area (Å²) in [5, 5.41) is 9.00. The Morgan fingerprint density at radius 3 is 2.65 bits per heavy atom. The number of hydrogen-bond donors (Lipinski definition) is 1. The second-order valence-corrected chi connectivity index (χ2v) is 5.74. The summed E-state index contributed by atoms with van der Waals surface area (Å²) in [6.45, 7) is 0.0198. The van der Waals surface area contributed by atoms with Crippen LogP contribution in [-0.4, -0.2) is 11.1 Å². The highest BCUT2D eigenvalue weighted by molar-refractivity contribution is 9.10. The largest absolute Gasteiger partial charge is 0.489 e. The first-order valence-electron chi connectivity index (χ1n) is 5.57. The van der Waals surface area contributed by atoms with Gasteiger partial charge in [-0.1, -0.05) is 15.9 Å². The predicted molar refractivity (Wildman–Crippen MR) is 79.5 cm³/mol. The molecule has 0 heterocycles. The number of carboxylic acids is 1. The minimum Gasteiger partial charge on any atom is -0.489 e. The minimum absolute atomic E-state index is 0.0198. The number of aromatic carboxylic acids is 1. The second kappa shape index (κ2) is 6.37. The molecule has 0 atom stereocenters. The van der Waals surface area contributed by atoms with E-state index in [4.69, 9.17) is 9.84 Å². The van der Waals surface area contributed by atoms with Gasteiger partial charge in [-0.15, -0.1) is 0 Å². The van der Waals surface area contributed by atoms with Crippen LogP contribution in [0.4, 0.5) is 4.39 Å². The van der Waals surface area contributed by atoms with E-state index in [1.807, 2.05) is 0 Å². The summed E-state index contributed by atoms with van der Waals surface area (Å²) in [4.78, 5) is 11.0. The highest BCUT2D eigenvalue weighted by Gasteiger charge is 2.10. The molecule has 0 aliphatic carbocycles. The Hall–Kier alpha value is -1.40. The first-order valence-corrected chi connectivity index (χ1v) is 7.15. The Bertz CT molecular complexity index is 659. The molecule has 0 aliphatic heterocycles. The SMILES string of the molecule is O=C(O)c1cc(OCc2cc(Br)ccc2F)ccc1Br. The van der Waals surface area contributed by atoms with Gasteiger partial charge >= 0.3 is 5.97 Å². The van der Waals surface area contributed by atoms with Crippen LogP contribution < -0.4 is 4.74 Å². The Labute approximate surface area is 131 Å². The number of rotatable bonds is 4. The molecular weight excluding hydrogens is 395 g/mol. The molecule has 0 saturated carbocycles. The van der Waals surface area contributed by atoms with Crippen molar-refractivity contribution in [3.8, 4) is 5.75 Å². The highest BCUT2D eigenvalue weighted by atomic mass is 79.9. The molecule has 2 aromatic carbocycles. The summed E-state index contributed by atoms with van der Waals surface area (Å²) in [7, 11) is 0. The van der Waals surface area contributed by atoms with Crippen LogP contribution >= 0.6 is 31.9 Å². The lowest BCUT2D eigenvalue weighted by Crippen LogP contribution is -2.01. The van der Waals surface area contributed by atoms with E-state index in [1.165, 1.54) is 12.1 Å². The van der Waals surface area contributed by atoms with Crippen molar-refractivity contribution in [2.45, 2.75) is 6.61 Å². The second-order valence-electron chi connectivity index (χ2n) is 3.97. The van der Waals surface area contributed by atoms with Crippen LogP contribution in [0.25, 0.3) is 0 Å². The molecule has 1 N–H and O–H groups in total. The lowest BCUT2D eigenvalue weighted by atomic mass is 10.2. The standard InChI is InChI=1S/C14H9Br2FO3/c15-9-1-4-13(17)8(5-9)7-20-10-2-3-12(16)11(6-10)14(18)19/h1-6H,7H2,(H,18,19). The number of carboxylic acid groups (broad SMARTS) is 1. The van der Waals surface area contributed by atoms with Gasteiger partial charge in [0.1, 0.15) is 18.2 Å². The van der Waals surface area contributed by atoms with Crippen molar-refractivity contribution in [2.24, 2.45) is 0 Å². The lowest BCUT2D eigenvalue weighted by molar-refractivity contribution is 0.0695. The Balaban J connectivity index is 2.17. The summed E-state index contributed by atoms with van der Waals surface area (Å²) in [6, 6.07) is 9.14. The van der Waals surface area contributed by atoms with Gasteiger partial charge in [0.2, 0.25) is 0 Å². The molecule has 0 saturated heterocycles. The number of halogens is 3. The Kier molecular flexibility index (Phi) is 4.77. The normalized spacial score (nSPS) is 10.3. The van der Waals surface area contributed by atoms with E-state index in [0.29, 0.717) is 15.8 Å². The molecule has 0 amide bonds. The van der Waals surface area contributed by atoms with Crippen molar-refractivity contribution in [3.63, 3.8) is 0 Å². The summed E-state index contributed by atoms with van der Waals surface area (Å²) >= 11 is 6.40. The Morgan fingerprint density at radius 1 is 1.20 bits per heavy atom. The van der Waals surface area contributed by atoms with E-state index in [-0.39, 0.29) is 18.0 Å². The van der Waals surface area contributed by atoms with Gasteiger partial charge in [0, 0.05) is 14.5 Å². The van der Waals surface area contributed by atoms with Crippen LogP contribution in [-0.2, 0) is 6.61 Å². The number of hydrogen-bond acceptors (Lipinski definition) is 2. The molecule has 0 fully saturated rings. The third kappa shape index (κ3) is 3.58. The molecule has 3 nitrogen and oxygen atoms in total. The fraction of sp³-hybridized carbons (Fsp3) is 0.0714. The first-order chi connectivity index (χ1) is 9.47. The van der Waals surface area contributed by atoms with Gasteiger partial charge in [0.25, 0.3) is 0 Å². The van der Waals surface area contributed by atoms with E-state index in [2.05, 4.69) is 31.9 Å². The Morgan fingerprint density at radius 2 is 1.95 bits per heavy atom. The zero-order valence-corrected chi connectivity index (χ0v) is 13.2. The smallest absolute Gasteiger partial charge is 0.336 e. The molecule has 0 bridgehead atoms.